The van der Waals surface area contributed by atoms with Crippen LogP contribution in [0.3, 0.4) is 0 Å². The zero-order valence-electron chi connectivity index (χ0n) is 20.5. The van der Waals surface area contributed by atoms with Crippen molar-refractivity contribution >= 4 is 39.4 Å². The molecule has 9 heteroatoms. The molecular formula is C29H23N3O6. The van der Waals surface area contributed by atoms with Gasteiger partial charge < -0.3 is 19.0 Å². The van der Waals surface area contributed by atoms with E-state index in [2.05, 4.69) is 11.1 Å². The zero-order valence-corrected chi connectivity index (χ0v) is 20.5. The highest BCUT2D eigenvalue weighted by molar-refractivity contribution is 6.26. The molecule has 3 aliphatic heterocycles. The van der Waals surface area contributed by atoms with Gasteiger partial charge in [0.2, 0.25) is 11.8 Å². The summed E-state index contributed by atoms with van der Waals surface area (Å²) in [6.07, 6.45) is -0.330. The van der Waals surface area contributed by atoms with Crippen LogP contribution in [0.2, 0.25) is 0 Å². The van der Waals surface area contributed by atoms with E-state index in [9.17, 15) is 20.0 Å². The van der Waals surface area contributed by atoms with Crippen LogP contribution in [0, 0.1) is 23.2 Å². The average Bonchev–Trinajstić information content (AvgIpc) is 3.60. The van der Waals surface area contributed by atoms with E-state index < -0.39 is 35.0 Å². The molecule has 2 bridgehead atoms. The summed E-state index contributed by atoms with van der Waals surface area (Å²) in [5, 5.41) is 21.8. The van der Waals surface area contributed by atoms with Crippen LogP contribution in [0.15, 0.2) is 65.1 Å². The van der Waals surface area contributed by atoms with Gasteiger partial charge in [0, 0.05) is 23.6 Å². The van der Waals surface area contributed by atoms with Crippen molar-refractivity contribution in [1.82, 2.24) is 4.98 Å². The molecule has 3 aromatic carbocycles. The van der Waals surface area contributed by atoms with E-state index in [0.29, 0.717) is 33.1 Å². The van der Waals surface area contributed by atoms with Crippen molar-refractivity contribution < 1.29 is 28.6 Å². The van der Waals surface area contributed by atoms with Gasteiger partial charge in [-0.25, -0.2) is 4.90 Å². The molecule has 190 valence electrons. The van der Waals surface area contributed by atoms with Crippen molar-refractivity contribution in [3.8, 4) is 12.1 Å². The summed E-state index contributed by atoms with van der Waals surface area (Å²) in [6, 6.07) is 20.0. The quantitative estimate of drug-likeness (QED) is 0.404. The second kappa shape index (κ2) is 7.87. The molecule has 3 fully saturated rings. The fourth-order valence-corrected chi connectivity index (χ4v) is 6.66. The number of imide groups is 1. The number of benzene rings is 3. The first kappa shape index (κ1) is 22.9. The molecule has 1 N–H and O–H groups in total. The Morgan fingerprint density at radius 1 is 1.08 bits per heavy atom. The lowest BCUT2D eigenvalue weighted by molar-refractivity contribution is -0.134. The van der Waals surface area contributed by atoms with Gasteiger partial charge in [-0.1, -0.05) is 36.4 Å². The van der Waals surface area contributed by atoms with Crippen LogP contribution in [-0.4, -0.2) is 45.8 Å². The number of nitrogens with zero attached hydrogens (tertiary/aromatic N) is 3. The number of hydrogen-bond acceptors (Lipinski definition) is 8. The average molecular weight is 510 g/mol. The highest BCUT2D eigenvalue weighted by atomic mass is 16.6. The smallest absolute Gasteiger partial charge is 0.394 e. The number of carbonyl (C=O) groups is 2. The fourth-order valence-electron chi connectivity index (χ4n) is 6.66. The minimum atomic E-state index is -1.20. The number of carbonyl (C=O) groups excluding carboxylic acids is 2. The summed E-state index contributed by atoms with van der Waals surface area (Å²) >= 11 is 0. The highest BCUT2D eigenvalue weighted by Gasteiger charge is 2.77. The van der Waals surface area contributed by atoms with E-state index in [4.69, 9.17) is 13.9 Å². The van der Waals surface area contributed by atoms with E-state index >= 15 is 0 Å². The van der Waals surface area contributed by atoms with Crippen molar-refractivity contribution in [2.75, 3.05) is 11.5 Å². The van der Waals surface area contributed by atoms with Crippen molar-refractivity contribution in [2.24, 2.45) is 11.8 Å². The largest absolute Gasteiger partial charge is 0.450 e. The Morgan fingerprint density at radius 2 is 1.82 bits per heavy atom. The molecular weight excluding hydrogens is 486 g/mol. The highest BCUT2D eigenvalue weighted by Crippen LogP contribution is 2.62. The van der Waals surface area contributed by atoms with E-state index in [1.54, 1.807) is 37.3 Å². The normalized spacial score (nSPS) is 29.8. The third kappa shape index (κ3) is 2.96. The number of nitriles is 1. The minimum absolute atomic E-state index is 0.109. The third-order valence-corrected chi connectivity index (χ3v) is 8.40. The maximum absolute atomic E-state index is 14.0. The first-order valence-electron chi connectivity index (χ1n) is 12.5. The Hall–Kier alpha value is -4.26. The van der Waals surface area contributed by atoms with Gasteiger partial charge >= 0.3 is 6.08 Å². The topological polar surface area (TPSA) is 126 Å². The van der Waals surface area contributed by atoms with Crippen molar-refractivity contribution in [3.05, 3.63) is 66.2 Å². The van der Waals surface area contributed by atoms with Gasteiger partial charge in [-0.3, -0.25) is 9.59 Å². The predicted octanol–water partition coefficient (Wildman–Crippen LogP) is 3.72. The molecule has 0 aliphatic carbocycles. The van der Waals surface area contributed by atoms with Gasteiger partial charge in [-0.05, 0) is 31.2 Å². The Balaban J connectivity index is 1.22. The number of amides is 2. The lowest BCUT2D eigenvalue weighted by atomic mass is 9.66. The number of fused-ring (bicyclic) bond motifs is 7. The van der Waals surface area contributed by atoms with Crippen molar-refractivity contribution in [1.29, 1.82) is 5.26 Å². The van der Waals surface area contributed by atoms with E-state index in [-0.39, 0.29) is 31.4 Å². The SMILES string of the molecule is C[C@]12O[C@](CCOc3nc4ccccc4o3)(C[C@@H]1O)[C@H]1C(=O)N(c3ccc(C#N)c4ccccc34)C(=O)[C@H]12. The Morgan fingerprint density at radius 3 is 2.61 bits per heavy atom. The molecule has 38 heavy (non-hydrogen) atoms. The van der Waals surface area contributed by atoms with Gasteiger partial charge in [0.1, 0.15) is 11.1 Å². The van der Waals surface area contributed by atoms with Gasteiger partial charge in [0.05, 0.1) is 47.5 Å². The minimum Gasteiger partial charge on any atom is -0.450 e. The molecule has 4 heterocycles. The van der Waals surface area contributed by atoms with Crippen LogP contribution in [0.4, 0.5) is 5.69 Å². The van der Waals surface area contributed by atoms with Crippen LogP contribution in [0.1, 0.15) is 25.3 Å². The molecule has 7 rings (SSSR count). The summed E-state index contributed by atoms with van der Waals surface area (Å²) < 4.78 is 17.8. The van der Waals surface area contributed by atoms with E-state index in [0.717, 1.165) is 0 Å². The van der Waals surface area contributed by atoms with Crippen LogP contribution >= 0.6 is 0 Å². The van der Waals surface area contributed by atoms with E-state index in [1.165, 1.54) is 4.90 Å². The number of rotatable bonds is 5. The number of oxazole rings is 1. The van der Waals surface area contributed by atoms with E-state index in [1.807, 2.05) is 30.3 Å². The number of anilines is 1. The molecule has 3 saturated heterocycles. The number of aliphatic hydroxyl groups is 1. The standard InChI is InChI=1S/C29H23N3O6/c1-28-22(33)14-29(38-28,12-13-36-27-31-19-8-4-5-9-21(19)37-27)24-23(28)25(34)32(26(24)35)20-11-10-16(15-30)17-6-2-3-7-18(17)20/h2-11,22-24,33H,12-14H2,1H3/t22-,23-,24+,28-,29+/m0/s1. The second-order valence-electron chi connectivity index (χ2n) is 10.4. The van der Waals surface area contributed by atoms with Crippen LogP contribution in [-0.2, 0) is 14.3 Å². The Bertz CT molecular complexity index is 1660. The fraction of sp³-hybridized carbons (Fsp3) is 0.310. The maximum atomic E-state index is 14.0. The Labute approximate surface area is 217 Å². The maximum Gasteiger partial charge on any atom is 0.394 e. The lowest BCUT2D eigenvalue weighted by Crippen LogP contribution is -2.49. The predicted molar refractivity (Wildman–Crippen MR) is 135 cm³/mol. The van der Waals surface area contributed by atoms with Gasteiger partial charge in [-0.15, -0.1) is 0 Å². The van der Waals surface area contributed by atoms with Gasteiger partial charge in [0.15, 0.2) is 5.58 Å². The van der Waals surface area contributed by atoms with Crippen LogP contribution in [0.25, 0.3) is 21.9 Å². The van der Waals surface area contributed by atoms with Crippen molar-refractivity contribution in [2.45, 2.75) is 37.1 Å². The summed E-state index contributed by atoms with van der Waals surface area (Å²) in [5.41, 5.74) is -0.116. The van der Waals surface area contributed by atoms with Gasteiger partial charge in [0.25, 0.3) is 0 Å². The molecule has 0 radical (unpaired) electrons. The molecule has 0 unspecified atom stereocenters. The van der Waals surface area contributed by atoms with Crippen LogP contribution < -0.4 is 9.64 Å². The second-order valence-corrected chi connectivity index (χ2v) is 10.4. The molecule has 1 aromatic heterocycles. The molecule has 3 aliphatic rings. The summed E-state index contributed by atoms with van der Waals surface area (Å²) in [5.74, 6) is -2.38. The Kier molecular flexibility index (Phi) is 4.74. The summed E-state index contributed by atoms with van der Waals surface area (Å²) in [6.45, 7) is 1.83. The molecule has 5 atom stereocenters. The number of aliphatic hydroxyl groups excluding tert-OH is 1. The molecule has 0 spiro atoms. The number of ether oxygens (including phenoxy) is 2. The molecule has 4 aromatic rings. The van der Waals surface area contributed by atoms with Crippen molar-refractivity contribution in [3.63, 3.8) is 0 Å². The summed E-state index contributed by atoms with van der Waals surface area (Å²) in [7, 11) is 0. The van der Waals surface area contributed by atoms with Crippen LogP contribution in [0.5, 0.6) is 6.08 Å². The number of para-hydroxylation sites is 2. The molecule has 2 amide bonds. The first-order chi connectivity index (χ1) is 18.4. The summed E-state index contributed by atoms with van der Waals surface area (Å²) in [4.78, 5) is 33.4. The molecule has 9 nitrogen and oxygen atoms in total. The number of hydrogen-bond donors (Lipinski definition) is 1. The van der Waals surface area contributed by atoms with Gasteiger partial charge in [-0.2, -0.15) is 10.2 Å². The third-order valence-electron chi connectivity index (χ3n) is 8.40. The lowest BCUT2D eigenvalue weighted by Gasteiger charge is -2.33. The molecule has 0 saturated carbocycles. The number of aromatic nitrogens is 1. The first-order valence-corrected chi connectivity index (χ1v) is 12.5. The zero-order chi connectivity index (χ0) is 26.2. The monoisotopic (exact) mass is 509 g/mol.